The summed E-state index contributed by atoms with van der Waals surface area (Å²) in [4.78, 5) is 43.1. The second kappa shape index (κ2) is 6.30. The molecule has 1 atom stereocenters. The summed E-state index contributed by atoms with van der Waals surface area (Å²) < 4.78 is 5.37. The minimum atomic E-state index is -1.25. The Morgan fingerprint density at radius 1 is 1.14 bits per heavy atom. The van der Waals surface area contributed by atoms with Gasteiger partial charge in [0.1, 0.15) is 5.58 Å². The zero-order chi connectivity index (χ0) is 20.1. The summed E-state index contributed by atoms with van der Waals surface area (Å²) in [7, 11) is 0. The van der Waals surface area contributed by atoms with Crippen molar-refractivity contribution in [3.8, 4) is 0 Å². The average Bonchev–Trinajstić information content (AvgIpc) is 2.90. The third kappa shape index (κ3) is 2.67. The van der Waals surface area contributed by atoms with Crippen LogP contribution in [0.5, 0.6) is 0 Å². The molecule has 4 rings (SSSR count). The number of urea groups is 1. The van der Waals surface area contributed by atoms with Crippen LogP contribution in [0.4, 0.5) is 4.79 Å². The molecule has 0 bridgehead atoms. The Balaban J connectivity index is 1.76. The largest absolute Gasteiger partial charge is 0.422 e. The number of rotatable bonds is 3. The molecule has 0 radical (unpaired) electrons. The SMILES string of the molecule is Cc1ccc2c(CN3C(=O)N[C@@](C)(c4ccccn4)C3=O)cc(=O)oc2c1C. The third-order valence-electron chi connectivity index (χ3n) is 5.30. The van der Waals surface area contributed by atoms with Gasteiger partial charge in [0.25, 0.3) is 5.91 Å². The van der Waals surface area contributed by atoms with Crippen molar-refractivity contribution in [3.05, 3.63) is 75.4 Å². The monoisotopic (exact) mass is 377 g/mol. The van der Waals surface area contributed by atoms with Gasteiger partial charge in [-0.3, -0.25) is 14.7 Å². The minimum Gasteiger partial charge on any atom is -0.422 e. The molecule has 1 saturated heterocycles. The zero-order valence-electron chi connectivity index (χ0n) is 15.8. The molecule has 1 fully saturated rings. The Bertz CT molecular complexity index is 1170. The number of amides is 3. The highest BCUT2D eigenvalue weighted by molar-refractivity contribution is 6.07. The number of benzene rings is 1. The Morgan fingerprint density at radius 3 is 2.64 bits per heavy atom. The van der Waals surface area contributed by atoms with E-state index in [2.05, 4.69) is 10.3 Å². The van der Waals surface area contributed by atoms with Crippen LogP contribution in [0.1, 0.15) is 29.3 Å². The van der Waals surface area contributed by atoms with Gasteiger partial charge < -0.3 is 9.73 Å². The number of nitrogens with one attached hydrogen (secondary N) is 1. The first kappa shape index (κ1) is 17.9. The molecule has 0 unspecified atom stereocenters. The van der Waals surface area contributed by atoms with Gasteiger partial charge in [0, 0.05) is 17.6 Å². The lowest BCUT2D eigenvalue weighted by molar-refractivity contribution is -0.131. The molecule has 1 N–H and O–H groups in total. The molecule has 28 heavy (non-hydrogen) atoms. The predicted octanol–water partition coefficient (Wildman–Crippen LogP) is 2.77. The van der Waals surface area contributed by atoms with Gasteiger partial charge in [-0.15, -0.1) is 0 Å². The van der Waals surface area contributed by atoms with Crippen molar-refractivity contribution in [1.82, 2.24) is 15.2 Å². The van der Waals surface area contributed by atoms with Crippen molar-refractivity contribution in [2.24, 2.45) is 0 Å². The van der Waals surface area contributed by atoms with Crippen LogP contribution in [0, 0.1) is 13.8 Å². The van der Waals surface area contributed by atoms with Crippen molar-refractivity contribution >= 4 is 22.9 Å². The highest BCUT2D eigenvalue weighted by Gasteiger charge is 2.50. The van der Waals surface area contributed by atoms with Gasteiger partial charge in [-0.05, 0) is 49.6 Å². The Kier molecular flexibility index (Phi) is 4.03. The zero-order valence-corrected chi connectivity index (χ0v) is 15.8. The fraction of sp³-hybridized carbons (Fsp3) is 0.238. The van der Waals surface area contributed by atoms with E-state index in [0.29, 0.717) is 22.2 Å². The summed E-state index contributed by atoms with van der Waals surface area (Å²) in [6, 6.07) is 9.76. The first-order chi connectivity index (χ1) is 13.3. The number of aryl methyl sites for hydroxylation is 2. The quantitative estimate of drug-likeness (QED) is 0.560. The molecule has 0 aliphatic carbocycles. The van der Waals surface area contributed by atoms with Crippen LogP contribution < -0.4 is 10.9 Å². The van der Waals surface area contributed by atoms with E-state index in [4.69, 9.17) is 4.42 Å². The number of imide groups is 1. The number of hydrogen-bond donors (Lipinski definition) is 1. The van der Waals surface area contributed by atoms with Crippen LogP contribution in [0.15, 0.2) is 51.8 Å². The average molecular weight is 377 g/mol. The first-order valence-corrected chi connectivity index (χ1v) is 8.90. The van der Waals surface area contributed by atoms with E-state index in [1.54, 1.807) is 31.3 Å². The van der Waals surface area contributed by atoms with Crippen molar-refractivity contribution < 1.29 is 14.0 Å². The van der Waals surface area contributed by atoms with Crippen LogP contribution in [-0.2, 0) is 16.9 Å². The van der Waals surface area contributed by atoms with Crippen molar-refractivity contribution in [3.63, 3.8) is 0 Å². The molecule has 3 heterocycles. The summed E-state index contributed by atoms with van der Waals surface area (Å²) in [5.74, 6) is -0.415. The number of pyridine rings is 1. The molecule has 3 amide bonds. The van der Waals surface area contributed by atoms with E-state index >= 15 is 0 Å². The van der Waals surface area contributed by atoms with Crippen LogP contribution in [0.2, 0.25) is 0 Å². The Hall–Kier alpha value is -3.48. The number of nitrogens with zero attached hydrogens (tertiary/aromatic N) is 2. The number of aromatic nitrogens is 1. The molecule has 142 valence electrons. The van der Waals surface area contributed by atoms with E-state index in [1.807, 2.05) is 26.0 Å². The van der Waals surface area contributed by atoms with E-state index in [-0.39, 0.29) is 6.54 Å². The maximum absolute atomic E-state index is 13.1. The molecule has 2 aromatic heterocycles. The van der Waals surface area contributed by atoms with Crippen molar-refractivity contribution in [2.45, 2.75) is 32.9 Å². The molecular weight excluding hydrogens is 358 g/mol. The molecule has 0 saturated carbocycles. The molecular formula is C21H19N3O4. The van der Waals surface area contributed by atoms with Gasteiger partial charge in [0.15, 0.2) is 5.54 Å². The smallest absolute Gasteiger partial charge is 0.336 e. The second-order valence-corrected chi connectivity index (χ2v) is 7.14. The van der Waals surface area contributed by atoms with Gasteiger partial charge in [-0.2, -0.15) is 0 Å². The molecule has 1 aliphatic heterocycles. The maximum atomic E-state index is 13.1. The lowest BCUT2D eigenvalue weighted by Crippen LogP contribution is -2.41. The minimum absolute atomic E-state index is 0.0301. The van der Waals surface area contributed by atoms with Gasteiger partial charge in [-0.1, -0.05) is 18.2 Å². The van der Waals surface area contributed by atoms with E-state index < -0.39 is 23.1 Å². The highest BCUT2D eigenvalue weighted by Crippen LogP contribution is 2.30. The van der Waals surface area contributed by atoms with Crippen molar-refractivity contribution in [1.29, 1.82) is 0 Å². The molecule has 1 aliphatic rings. The van der Waals surface area contributed by atoms with E-state index in [0.717, 1.165) is 16.0 Å². The summed E-state index contributed by atoms with van der Waals surface area (Å²) in [6.45, 7) is 5.39. The number of carbonyl (C=O) groups excluding carboxylic acids is 2. The molecule has 3 aromatic rings. The lowest BCUT2D eigenvalue weighted by atomic mass is 9.97. The third-order valence-corrected chi connectivity index (χ3v) is 5.30. The van der Waals surface area contributed by atoms with Gasteiger partial charge in [-0.25, -0.2) is 9.59 Å². The fourth-order valence-corrected chi connectivity index (χ4v) is 3.50. The lowest BCUT2D eigenvalue weighted by Gasteiger charge is -2.21. The second-order valence-electron chi connectivity index (χ2n) is 7.14. The van der Waals surface area contributed by atoms with Gasteiger partial charge in [0.05, 0.1) is 12.2 Å². The summed E-state index contributed by atoms with van der Waals surface area (Å²) >= 11 is 0. The number of fused-ring (bicyclic) bond motifs is 1. The van der Waals surface area contributed by atoms with Gasteiger partial charge in [0.2, 0.25) is 0 Å². The number of carbonyl (C=O) groups is 2. The van der Waals surface area contributed by atoms with Crippen LogP contribution in [0.3, 0.4) is 0 Å². The Labute approximate surface area is 161 Å². The standard InChI is InChI=1S/C21H19N3O4/c1-12-7-8-15-14(10-17(25)28-18(15)13(12)2)11-24-19(26)21(3,23-20(24)27)16-6-4-5-9-22-16/h4-10H,11H2,1-3H3,(H,23,27)/t21-/m0/s1. The summed E-state index contributed by atoms with van der Waals surface area (Å²) in [5.41, 5.74) is 1.57. The van der Waals surface area contributed by atoms with Crippen LogP contribution in [0.25, 0.3) is 11.0 Å². The van der Waals surface area contributed by atoms with Crippen molar-refractivity contribution in [2.75, 3.05) is 0 Å². The van der Waals surface area contributed by atoms with E-state index in [9.17, 15) is 14.4 Å². The maximum Gasteiger partial charge on any atom is 0.336 e. The molecule has 7 heteroatoms. The summed E-state index contributed by atoms with van der Waals surface area (Å²) in [6.07, 6.45) is 1.57. The topological polar surface area (TPSA) is 92.5 Å². The molecule has 7 nitrogen and oxygen atoms in total. The van der Waals surface area contributed by atoms with Crippen LogP contribution in [-0.4, -0.2) is 21.8 Å². The predicted molar refractivity (Wildman–Crippen MR) is 103 cm³/mol. The summed E-state index contributed by atoms with van der Waals surface area (Å²) in [5, 5.41) is 3.43. The highest BCUT2D eigenvalue weighted by atomic mass is 16.4. The molecule has 1 aromatic carbocycles. The van der Waals surface area contributed by atoms with E-state index in [1.165, 1.54) is 6.07 Å². The van der Waals surface area contributed by atoms with Gasteiger partial charge >= 0.3 is 11.7 Å². The number of hydrogen-bond acceptors (Lipinski definition) is 5. The fourth-order valence-electron chi connectivity index (χ4n) is 3.50. The Morgan fingerprint density at radius 2 is 1.93 bits per heavy atom. The first-order valence-electron chi connectivity index (χ1n) is 8.90. The molecule has 0 spiro atoms. The normalized spacial score (nSPS) is 19.3. The van der Waals surface area contributed by atoms with Crippen LogP contribution >= 0.6 is 0 Å².